The monoisotopic (exact) mass is 216 g/mol. The first-order valence-electron chi connectivity index (χ1n) is 5.92. The van der Waals surface area contributed by atoms with Crippen molar-refractivity contribution in [3.8, 4) is 0 Å². The topological polar surface area (TPSA) is 15.3 Å². The van der Waals surface area contributed by atoms with Crippen LogP contribution in [0.3, 0.4) is 0 Å². The predicted octanol–water partition coefficient (Wildman–Crippen LogP) is 1.69. The molecule has 0 amide bonds. The molecule has 1 heterocycles. The van der Waals surface area contributed by atoms with Crippen LogP contribution in [-0.2, 0) is 0 Å². The zero-order valence-electron chi connectivity index (χ0n) is 8.84. The summed E-state index contributed by atoms with van der Waals surface area (Å²) >= 11 is 5.92. The first kappa shape index (κ1) is 10.7. The second-order valence-corrected chi connectivity index (χ2v) is 5.30. The Balaban J connectivity index is 1.43. The van der Waals surface area contributed by atoms with Gasteiger partial charge in [-0.2, -0.15) is 0 Å². The van der Waals surface area contributed by atoms with Crippen LogP contribution in [0.15, 0.2) is 0 Å². The minimum atomic E-state index is 0.473. The molecule has 0 spiro atoms. The largest absolute Gasteiger partial charge is 0.315 e. The summed E-state index contributed by atoms with van der Waals surface area (Å²) in [5.41, 5.74) is 0. The Bertz CT molecular complexity index is 163. The summed E-state index contributed by atoms with van der Waals surface area (Å²) in [4.78, 5) is 2.55. The fourth-order valence-electron chi connectivity index (χ4n) is 2.37. The summed E-state index contributed by atoms with van der Waals surface area (Å²) in [7, 11) is 0. The normalized spacial score (nSPS) is 33.2. The Morgan fingerprint density at radius 1 is 1.21 bits per heavy atom. The molecule has 0 unspecified atom stereocenters. The van der Waals surface area contributed by atoms with Crippen LogP contribution >= 0.6 is 11.6 Å². The summed E-state index contributed by atoms with van der Waals surface area (Å²) in [5, 5.41) is 4.01. The highest BCUT2D eigenvalue weighted by Crippen LogP contribution is 2.30. The van der Waals surface area contributed by atoms with Crippen molar-refractivity contribution in [2.75, 3.05) is 32.7 Å². The van der Waals surface area contributed by atoms with Crippen molar-refractivity contribution in [3.63, 3.8) is 0 Å². The Hall–Kier alpha value is 0.210. The maximum Gasteiger partial charge on any atom is 0.0342 e. The molecule has 0 atom stereocenters. The Kier molecular flexibility index (Phi) is 4.09. The van der Waals surface area contributed by atoms with Crippen molar-refractivity contribution in [3.05, 3.63) is 0 Å². The molecule has 0 radical (unpaired) electrons. The second kappa shape index (κ2) is 5.34. The average Bonchev–Trinajstić information content (AvgIpc) is 2.61. The van der Waals surface area contributed by atoms with E-state index in [4.69, 9.17) is 11.6 Å². The number of rotatable bonds is 5. The fourth-order valence-corrected chi connectivity index (χ4v) is 2.87. The van der Waals surface area contributed by atoms with Gasteiger partial charge in [-0.25, -0.2) is 0 Å². The quantitative estimate of drug-likeness (QED) is 0.556. The molecule has 1 aliphatic heterocycles. The van der Waals surface area contributed by atoms with Gasteiger partial charge in [-0.3, -0.25) is 0 Å². The molecule has 0 aromatic rings. The van der Waals surface area contributed by atoms with Gasteiger partial charge in [0.05, 0.1) is 0 Å². The number of likely N-dealkylation sites (tertiary alicyclic amines) is 1. The molecule has 3 heteroatoms. The zero-order valence-corrected chi connectivity index (χ0v) is 9.60. The van der Waals surface area contributed by atoms with Crippen LogP contribution < -0.4 is 5.32 Å². The molecule has 1 N–H and O–H groups in total. The van der Waals surface area contributed by atoms with Crippen molar-refractivity contribution in [1.82, 2.24) is 10.2 Å². The molecule has 82 valence electrons. The van der Waals surface area contributed by atoms with E-state index < -0.39 is 0 Å². The van der Waals surface area contributed by atoms with Crippen molar-refractivity contribution >= 4 is 11.6 Å². The van der Waals surface area contributed by atoms with Crippen LogP contribution in [0.4, 0.5) is 0 Å². The van der Waals surface area contributed by atoms with Crippen LogP contribution in [0.5, 0.6) is 0 Å². The molecule has 0 aromatic carbocycles. The molecule has 1 aliphatic carbocycles. The van der Waals surface area contributed by atoms with E-state index in [9.17, 15) is 0 Å². The lowest BCUT2D eigenvalue weighted by Gasteiger charge is -2.31. The van der Waals surface area contributed by atoms with Gasteiger partial charge in [0.15, 0.2) is 0 Å². The molecule has 14 heavy (non-hydrogen) atoms. The summed E-state index contributed by atoms with van der Waals surface area (Å²) in [5.74, 6) is 0.857. The molecule has 0 bridgehead atoms. The highest BCUT2D eigenvalue weighted by Gasteiger charge is 2.26. The number of nitrogens with zero attached hydrogens (tertiary/aromatic N) is 1. The standard InChI is InChI=1S/C11H21ClN2/c12-11-7-10(8-11)9-13-3-6-14-4-1-2-5-14/h10-11,13H,1-9H2. The van der Waals surface area contributed by atoms with E-state index in [1.807, 2.05) is 0 Å². The van der Waals surface area contributed by atoms with Crippen LogP contribution in [0, 0.1) is 5.92 Å². The highest BCUT2D eigenvalue weighted by atomic mass is 35.5. The lowest BCUT2D eigenvalue weighted by atomic mass is 9.85. The zero-order chi connectivity index (χ0) is 9.80. The minimum absolute atomic E-state index is 0.473. The Morgan fingerprint density at radius 2 is 1.93 bits per heavy atom. The summed E-state index contributed by atoms with van der Waals surface area (Å²) in [6.07, 6.45) is 5.24. The number of hydrogen-bond acceptors (Lipinski definition) is 2. The Labute approximate surface area is 92.0 Å². The first-order chi connectivity index (χ1) is 6.84. The van der Waals surface area contributed by atoms with Gasteiger partial charge in [-0.05, 0) is 51.2 Å². The van der Waals surface area contributed by atoms with Gasteiger partial charge in [0.25, 0.3) is 0 Å². The fraction of sp³-hybridized carbons (Fsp3) is 1.00. The summed E-state index contributed by atoms with van der Waals surface area (Å²) in [6.45, 7) is 6.20. The molecule has 2 aliphatic rings. The molecule has 2 rings (SSSR count). The Morgan fingerprint density at radius 3 is 2.57 bits per heavy atom. The third-order valence-electron chi connectivity index (χ3n) is 3.41. The molecule has 2 nitrogen and oxygen atoms in total. The van der Waals surface area contributed by atoms with Crippen LogP contribution in [0.2, 0.25) is 0 Å². The van der Waals surface area contributed by atoms with E-state index in [1.54, 1.807) is 0 Å². The van der Waals surface area contributed by atoms with Gasteiger partial charge in [0.2, 0.25) is 0 Å². The third-order valence-corrected chi connectivity index (χ3v) is 3.77. The predicted molar refractivity (Wildman–Crippen MR) is 60.9 cm³/mol. The average molecular weight is 217 g/mol. The van der Waals surface area contributed by atoms with Gasteiger partial charge in [-0.1, -0.05) is 0 Å². The van der Waals surface area contributed by atoms with Crippen LogP contribution in [0.1, 0.15) is 25.7 Å². The maximum atomic E-state index is 5.92. The maximum absolute atomic E-state index is 5.92. The number of halogens is 1. The number of hydrogen-bond donors (Lipinski definition) is 1. The molecule has 2 fully saturated rings. The van der Waals surface area contributed by atoms with E-state index >= 15 is 0 Å². The SMILES string of the molecule is ClC1CC(CNCCN2CCCC2)C1. The van der Waals surface area contributed by atoms with Gasteiger partial charge >= 0.3 is 0 Å². The van der Waals surface area contributed by atoms with Gasteiger partial charge in [-0.15, -0.1) is 11.6 Å². The van der Waals surface area contributed by atoms with Crippen LogP contribution in [-0.4, -0.2) is 43.0 Å². The van der Waals surface area contributed by atoms with Crippen LogP contribution in [0.25, 0.3) is 0 Å². The van der Waals surface area contributed by atoms with E-state index in [1.165, 1.54) is 51.9 Å². The molecule has 1 saturated heterocycles. The summed E-state index contributed by atoms with van der Waals surface area (Å²) in [6, 6.07) is 0. The minimum Gasteiger partial charge on any atom is -0.315 e. The van der Waals surface area contributed by atoms with E-state index in [0.717, 1.165) is 12.5 Å². The van der Waals surface area contributed by atoms with E-state index in [0.29, 0.717) is 5.38 Å². The molecule has 0 aromatic heterocycles. The van der Waals surface area contributed by atoms with Crippen molar-refractivity contribution in [2.24, 2.45) is 5.92 Å². The van der Waals surface area contributed by atoms with E-state index in [2.05, 4.69) is 10.2 Å². The first-order valence-corrected chi connectivity index (χ1v) is 6.35. The number of nitrogens with one attached hydrogen (secondary N) is 1. The lowest BCUT2D eigenvalue weighted by Crippen LogP contribution is -2.37. The second-order valence-electron chi connectivity index (χ2n) is 4.69. The van der Waals surface area contributed by atoms with Crippen molar-refractivity contribution < 1.29 is 0 Å². The molecular formula is C11H21ClN2. The lowest BCUT2D eigenvalue weighted by molar-refractivity contribution is 0.290. The highest BCUT2D eigenvalue weighted by molar-refractivity contribution is 6.21. The van der Waals surface area contributed by atoms with Gasteiger partial charge < -0.3 is 10.2 Å². The van der Waals surface area contributed by atoms with E-state index in [-0.39, 0.29) is 0 Å². The van der Waals surface area contributed by atoms with Gasteiger partial charge in [0.1, 0.15) is 0 Å². The van der Waals surface area contributed by atoms with Crippen molar-refractivity contribution in [1.29, 1.82) is 0 Å². The third kappa shape index (κ3) is 3.11. The number of alkyl halides is 1. The smallest absolute Gasteiger partial charge is 0.0342 e. The summed E-state index contributed by atoms with van der Waals surface area (Å²) < 4.78 is 0. The van der Waals surface area contributed by atoms with Crippen molar-refractivity contribution in [2.45, 2.75) is 31.1 Å². The molecular weight excluding hydrogens is 196 g/mol. The van der Waals surface area contributed by atoms with Gasteiger partial charge in [0, 0.05) is 18.5 Å². The molecule has 1 saturated carbocycles.